The molecule has 0 bridgehead atoms. The molecule has 4 rings (SSSR count). The first-order chi connectivity index (χ1) is 20.3. The number of fused-ring (bicyclic) bond motifs is 1. The number of benzene rings is 1. The summed E-state index contributed by atoms with van der Waals surface area (Å²) in [5, 5.41) is 10.6. The third-order valence-electron chi connectivity index (χ3n) is 8.75. The largest absolute Gasteiger partial charge is 0.493 e. The van der Waals surface area contributed by atoms with Gasteiger partial charge in [0.25, 0.3) is 0 Å². The molecule has 2 fully saturated rings. The Morgan fingerprint density at radius 3 is 2.53 bits per heavy atom. The highest BCUT2D eigenvalue weighted by atomic mass is 32.2. The summed E-state index contributed by atoms with van der Waals surface area (Å²) < 4.78 is 44.1. The molecule has 3 heterocycles. The summed E-state index contributed by atoms with van der Waals surface area (Å²) in [6.07, 6.45) is 3.61. The van der Waals surface area contributed by atoms with Crippen LogP contribution in [0.25, 0.3) is 0 Å². The van der Waals surface area contributed by atoms with E-state index in [1.165, 1.54) is 11.4 Å². The van der Waals surface area contributed by atoms with E-state index >= 15 is 0 Å². The molecular formula is C30H49N4O8S+. The molecule has 1 N–H and O–H groups in total. The van der Waals surface area contributed by atoms with Crippen molar-refractivity contribution in [3.63, 3.8) is 0 Å². The molecule has 3 aliphatic rings. The summed E-state index contributed by atoms with van der Waals surface area (Å²) >= 11 is 0. The standard InChI is InChI=1S/C30H48N4O8S/c1-6-7-11-31(12-8-15-34(2,3)4)27(35)20-32-19-23(22-17-25(40-5)29-26(18-22)41-21-42-29)28(30(36)37)24(32)10-14-33-13-9-16-43(33,38)39/h17-18,23-24,28H,6-16,19-21H2,1-5H3/p+1/t23-,24+,28?/m1/s1. The Morgan fingerprint density at radius 2 is 1.91 bits per heavy atom. The zero-order chi connectivity index (χ0) is 31.4. The number of amides is 1. The zero-order valence-corrected chi connectivity index (χ0v) is 27.1. The van der Waals surface area contributed by atoms with E-state index < -0.39 is 33.9 Å². The molecule has 0 aliphatic carbocycles. The summed E-state index contributed by atoms with van der Waals surface area (Å²) in [5.41, 5.74) is 0.730. The van der Waals surface area contributed by atoms with Crippen LogP contribution in [0.15, 0.2) is 12.1 Å². The average molecular weight is 626 g/mol. The number of hydrogen-bond donors (Lipinski definition) is 1. The van der Waals surface area contributed by atoms with E-state index in [4.69, 9.17) is 14.2 Å². The normalized spacial score (nSPS) is 23.5. The quantitative estimate of drug-likeness (QED) is 0.292. The van der Waals surface area contributed by atoms with Crippen LogP contribution in [0.2, 0.25) is 0 Å². The van der Waals surface area contributed by atoms with Gasteiger partial charge in [-0.1, -0.05) is 13.3 Å². The van der Waals surface area contributed by atoms with Crippen molar-refractivity contribution in [1.29, 1.82) is 0 Å². The van der Waals surface area contributed by atoms with E-state index in [0.29, 0.717) is 56.3 Å². The minimum absolute atomic E-state index is 0.0262. The van der Waals surface area contributed by atoms with Gasteiger partial charge in [0.15, 0.2) is 11.5 Å². The van der Waals surface area contributed by atoms with Crippen molar-refractivity contribution in [1.82, 2.24) is 14.1 Å². The van der Waals surface area contributed by atoms with Crippen LogP contribution in [0, 0.1) is 5.92 Å². The number of nitrogens with zero attached hydrogens (tertiary/aromatic N) is 4. The number of carboxylic acids is 1. The second kappa shape index (κ2) is 14.0. The summed E-state index contributed by atoms with van der Waals surface area (Å²) in [5.74, 6) is -0.761. The number of sulfonamides is 1. The third-order valence-corrected chi connectivity index (χ3v) is 10.7. The topological polar surface area (TPSA) is 126 Å². The number of unbranched alkanes of at least 4 members (excludes halogenated alkanes) is 1. The number of aliphatic carboxylic acids is 1. The molecule has 1 unspecified atom stereocenters. The minimum Gasteiger partial charge on any atom is -0.493 e. The van der Waals surface area contributed by atoms with Crippen LogP contribution >= 0.6 is 0 Å². The highest BCUT2D eigenvalue weighted by molar-refractivity contribution is 7.89. The Bertz CT molecular complexity index is 1250. The van der Waals surface area contributed by atoms with E-state index in [2.05, 4.69) is 28.1 Å². The Balaban J connectivity index is 1.61. The van der Waals surface area contributed by atoms with Crippen LogP contribution in [-0.4, -0.2) is 137 Å². The van der Waals surface area contributed by atoms with E-state index in [9.17, 15) is 23.1 Å². The lowest BCUT2D eigenvalue weighted by Crippen LogP contribution is -2.46. The van der Waals surface area contributed by atoms with Crippen LogP contribution < -0.4 is 14.2 Å². The van der Waals surface area contributed by atoms with Gasteiger partial charge in [0.05, 0.1) is 53.0 Å². The molecule has 0 radical (unpaired) electrons. The third kappa shape index (κ3) is 8.11. The molecule has 13 heteroatoms. The molecule has 12 nitrogen and oxygen atoms in total. The number of carboxylic acid groups (broad SMARTS) is 1. The number of methoxy groups -OCH3 is 1. The predicted molar refractivity (Wildman–Crippen MR) is 162 cm³/mol. The Hall–Kier alpha value is -2.61. The van der Waals surface area contributed by atoms with E-state index in [1.807, 2.05) is 9.80 Å². The summed E-state index contributed by atoms with van der Waals surface area (Å²) in [7, 11) is 4.57. The number of ether oxygens (including phenoxy) is 3. The number of likely N-dealkylation sites (tertiary alicyclic amines) is 1. The number of quaternary nitrogens is 1. The minimum atomic E-state index is -3.34. The van der Waals surface area contributed by atoms with Gasteiger partial charge in [0.1, 0.15) is 0 Å². The number of hydrogen-bond acceptors (Lipinski definition) is 8. The van der Waals surface area contributed by atoms with Gasteiger partial charge < -0.3 is 28.7 Å². The second-order valence-corrected chi connectivity index (χ2v) is 15.0. The van der Waals surface area contributed by atoms with Crippen LogP contribution in [0.4, 0.5) is 0 Å². The summed E-state index contributed by atoms with van der Waals surface area (Å²) in [4.78, 5) is 30.6. The highest BCUT2D eigenvalue weighted by Crippen LogP contribution is 2.47. The van der Waals surface area contributed by atoms with Gasteiger partial charge in [-0.25, -0.2) is 12.7 Å². The van der Waals surface area contributed by atoms with Gasteiger partial charge in [-0.2, -0.15) is 0 Å². The molecule has 1 aromatic rings. The highest BCUT2D eigenvalue weighted by Gasteiger charge is 2.48. The second-order valence-electron chi connectivity index (χ2n) is 12.9. The fourth-order valence-electron chi connectivity index (χ4n) is 6.49. The van der Waals surface area contributed by atoms with Crippen LogP contribution in [0.1, 0.15) is 50.5 Å². The Kier molecular flexibility index (Phi) is 10.8. The molecule has 0 saturated carbocycles. The van der Waals surface area contributed by atoms with Crippen molar-refractivity contribution in [2.45, 2.75) is 51.0 Å². The van der Waals surface area contributed by atoms with Gasteiger partial charge in [-0.3, -0.25) is 14.5 Å². The molecule has 0 aromatic heterocycles. The fourth-order valence-corrected chi connectivity index (χ4v) is 8.04. The van der Waals surface area contributed by atoms with Gasteiger partial charge in [-0.15, -0.1) is 0 Å². The lowest BCUT2D eigenvalue weighted by Gasteiger charge is -2.31. The van der Waals surface area contributed by atoms with Gasteiger partial charge in [0, 0.05) is 51.1 Å². The van der Waals surface area contributed by atoms with Crippen molar-refractivity contribution in [2.75, 3.05) is 86.6 Å². The van der Waals surface area contributed by atoms with Crippen molar-refractivity contribution >= 4 is 21.9 Å². The van der Waals surface area contributed by atoms with E-state index in [0.717, 1.165) is 35.9 Å². The number of carbonyl (C=O) groups excluding carboxylic acids is 1. The van der Waals surface area contributed by atoms with Gasteiger partial charge in [0.2, 0.25) is 28.5 Å². The molecular weight excluding hydrogens is 576 g/mol. The maximum absolute atomic E-state index is 13.8. The molecule has 242 valence electrons. The summed E-state index contributed by atoms with van der Waals surface area (Å²) in [6, 6.07) is 3.06. The lowest BCUT2D eigenvalue weighted by molar-refractivity contribution is -0.870. The molecule has 1 amide bonds. The Morgan fingerprint density at radius 1 is 1.16 bits per heavy atom. The molecule has 1 aromatic carbocycles. The monoisotopic (exact) mass is 625 g/mol. The first-order valence-corrected chi connectivity index (χ1v) is 17.0. The maximum Gasteiger partial charge on any atom is 0.308 e. The lowest BCUT2D eigenvalue weighted by atomic mass is 9.84. The predicted octanol–water partition coefficient (Wildman–Crippen LogP) is 2.04. The SMILES string of the molecule is CCCCN(CCC[N+](C)(C)C)C(=O)CN1C[C@H](c2cc(OC)c3c(c2)OCO3)C(C(=O)O)[C@@H]1CCN1CCCS1(=O)=O. The van der Waals surface area contributed by atoms with Crippen molar-refractivity contribution in [3.05, 3.63) is 17.7 Å². The zero-order valence-electron chi connectivity index (χ0n) is 26.3. The first-order valence-electron chi connectivity index (χ1n) is 15.3. The van der Waals surface area contributed by atoms with Crippen molar-refractivity contribution in [2.24, 2.45) is 5.92 Å². The number of carbonyl (C=O) groups is 2. The summed E-state index contributed by atoms with van der Waals surface area (Å²) in [6.45, 7) is 5.45. The van der Waals surface area contributed by atoms with Crippen LogP contribution in [0.3, 0.4) is 0 Å². The van der Waals surface area contributed by atoms with E-state index in [1.54, 1.807) is 12.1 Å². The molecule has 3 atom stereocenters. The Labute approximate surface area is 256 Å². The molecule has 2 saturated heterocycles. The number of rotatable bonds is 15. The van der Waals surface area contributed by atoms with Crippen LogP contribution in [-0.2, 0) is 19.6 Å². The fraction of sp³-hybridized carbons (Fsp3) is 0.733. The van der Waals surface area contributed by atoms with Gasteiger partial charge >= 0.3 is 5.97 Å². The molecule has 0 spiro atoms. The first kappa shape index (κ1) is 33.3. The smallest absolute Gasteiger partial charge is 0.308 e. The average Bonchev–Trinajstić information content (AvgIpc) is 3.64. The van der Waals surface area contributed by atoms with E-state index in [-0.39, 0.29) is 31.5 Å². The molecule has 3 aliphatic heterocycles. The molecule has 43 heavy (non-hydrogen) atoms. The van der Waals surface area contributed by atoms with Gasteiger partial charge in [-0.05, 0) is 37.0 Å². The van der Waals surface area contributed by atoms with Crippen molar-refractivity contribution in [3.8, 4) is 17.2 Å². The maximum atomic E-state index is 13.8. The van der Waals surface area contributed by atoms with Crippen molar-refractivity contribution < 1.29 is 41.8 Å². The van der Waals surface area contributed by atoms with Crippen LogP contribution in [0.5, 0.6) is 17.2 Å².